The Morgan fingerprint density at radius 2 is 1.20 bits per heavy atom. The van der Waals surface area contributed by atoms with E-state index >= 15 is 0 Å². The summed E-state index contributed by atoms with van der Waals surface area (Å²) in [5.41, 5.74) is 15.6. The molecule has 7 aromatic rings. The van der Waals surface area contributed by atoms with Gasteiger partial charge in [0.05, 0.1) is 12.3 Å². The molecule has 1 aromatic heterocycles. The molecule has 1 heterocycles. The minimum atomic E-state index is -0.351. The minimum absolute atomic E-state index is 0.351. The number of benzene rings is 5. The van der Waals surface area contributed by atoms with E-state index in [2.05, 4.69) is 171 Å². The van der Waals surface area contributed by atoms with Gasteiger partial charge in [0.2, 0.25) is 0 Å². The molecule has 0 atom stereocenters. The van der Waals surface area contributed by atoms with Crippen molar-refractivity contribution >= 4 is 45.3 Å². The van der Waals surface area contributed by atoms with Crippen molar-refractivity contribution in [1.29, 1.82) is 0 Å². The molecule has 0 N–H and O–H groups in total. The number of allylic oxidation sites excluding steroid dienone is 4. The Morgan fingerprint density at radius 1 is 0.610 bits per heavy atom. The Labute approximate surface area is 348 Å². The first-order valence-electron chi connectivity index (χ1n) is 19.8. The standard InChI is InChI=1S/C57H44N2/c1-39(35-54-41(3)49-34-33-45(58-6)36-55(49)57(54,4)5)46-25-15-7-8-16-26-47(51-29-20-19-28-50(46)51)40(2)48-27-17-18-30-52(48)53-37-56(43-23-13-10-14-24-43)59-38-44(53)32-31-42-21-11-9-12-22-42/h7-38H,1-3H2,4-5H3/b8-7?,15-7?,16-8?,25-15?,26-16?,32-31-,46-25?,47-26?,50-46?,51-47?,54-35+. The molecular weight excluding hydrogens is 713 g/mol. The lowest BCUT2D eigenvalue weighted by atomic mass is 9.81. The first-order valence-corrected chi connectivity index (χ1v) is 19.8. The Hall–Kier alpha value is -7.60. The summed E-state index contributed by atoms with van der Waals surface area (Å²) < 4.78 is 0. The van der Waals surface area contributed by atoms with Gasteiger partial charge in [-0.15, -0.1) is 0 Å². The molecule has 0 saturated carbocycles. The summed E-state index contributed by atoms with van der Waals surface area (Å²) >= 11 is 0. The summed E-state index contributed by atoms with van der Waals surface area (Å²) in [5.74, 6) is 0. The van der Waals surface area contributed by atoms with Gasteiger partial charge in [0, 0.05) is 22.7 Å². The third kappa shape index (κ3) is 7.63. The molecular formula is C57H44N2. The number of nitrogens with zero attached hydrogens (tertiary/aromatic N) is 2. The van der Waals surface area contributed by atoms with E-state index in [1.54, 1.807) is 0 Å². The Morgan fingerprint density at radius 3 is 1.93 bits per heavy atom. The van der Waals surface area contributed by atoms with Crippen LogP contribution in [0.3, 0.4) is 0 Å². The van der Waals surface area contributed by atoms with Crippen molar-refractivity contribution in [2.24, 2.45) is 0 Å². The number of hydrogen-bond acceptors (Lipinski definition) is 1. The fourth-order valence-electron chi connectivity index (χ4n) is 8.15. The number of rotatable bonds is 8. The van der Waals surface area contributed by atoms with Crippen molar-refractivity contribution in [3.63, 3.8) is 0 Å². The van der Waals surface area contributed by atoms with Crippen LogP contribution in [-0.2, 0) is 5.41 Å². The highest BCUT2D eigenvalue weighted by Gasteiger charge is 2.37. The van der Waals surface area contributed by atoms with Gasteiger partial charge in [-0.2, -0.15) is 0 Å². The molecule has 0 saturated heterocycles. The van der Waals surface area contributed by atoms with Crippen molar-refractivity contribution in [3.8, 4) is 22.4 Å². The maximum Gasteiger partial charge on any atom is 0.187 e. The molecule has 0 radical (unpaired) electrons. The van der Waals surface area contributed by atoms with Crippen molar-refractivity contribution in [2.45, 2.75) is 19.3 Å². The van der Waals surface area contributed by atoms with Crippen molar-refractivity contribution in [1.82, 2.24) is 4.98 Å². The van der Waals surface area contributed by atoms with Gasteiger partial charge < -0.3 is 0 Å². The van der Waals surface area contributed by atoms with Crippen LogP contribution < -0.4 is 0 Å². The predicted octanol–water partition coefficient (Wildman–Crippen LogP) is 15.4. The van der Waals surface area contributed by atoms with Crippen LogP contribution in [-0.4, -0.2) is 4.98 Å². The Kier molecular flexibility index (Phi) is 10.7. The van der Waals surface area contributed by atoms with Gasteiger partial charge in [-0.25, -0.2) is 4.85 Å². The zero-order chi connectivity index (χ0) is 40.9. The third-order valence-corrected chi connectivity index (χ3v) is 11.3. The van der Waals surface area contributed by atoms with Crippen LogP contribution in [0.2, 0.25) is 0 Å². The van der Waals surface area contributed by atoms with Crippen molar-refractivity contribution in [2.75, 3.05) is 0 Å². The highest BCUT2D eigenvalue weighted by molar-refractivity contribution is 6.04. The largest absolute Gasteiger partial charge is 0.256 e. The third-order valence-electron chi connectivity index (χ3n) is 11.3. The molecule has 0 amide bonds. The van der Waals surface area contributed by atoms with Crippen LogP contribution in [0.25, 0.3) is 66.9 Å². The van der Waals surface area contributed by atoms with E-state index in [4.69, 9.17) is 18.1 Å². The summed E-state index contributed by atoms with van der Waals surface area (Å²) in [6.45, 7) is 26.1. The lowest BCUT2D eigenvalue weighted by Crippen LogP contribution is -2.15. The zero-order valence-electron chi connectivity index (χ0n) is 33.5. The second kappa shape index (κ2) is 16.5. The number of pyridine rings is 1. The molecule has 8 rings (SSSR count). The molecule has 0 bridgehead atoms. The first kappa shape index (κ1) is 38.3. The quantitative estimate of drug-likeness (QED) is 0.141. The fourth-order valence-corrected chi connectivity index (χ4v) is 8.15. The maximum atomic E-state index is 7.62. The molecule has 0 spiro atoms. The Balaban J connectivity index is 1.28. The lowest BCUT2D eigenvalue weighted by molar-refractivity contribution is 0.661. The normalized spacial score (nSPS) is 13.5. The number of aromatic nitrogens is 1. The van der Waals surface area contributed by atoms with Crippen LogP contribution in [0, 0.1) is 6.57 Å². The van der Waals surface area contributed by atoms with Gasteiger partial charge in [-0.05, 0) is 83.6 Å². The van der Waals surface area contributed by atoms with Gasteiger partial charge in [0.15, 0.2) is 5.69 Å². The van der Waals surface area contributed by atoms with E-state index < -0.39 is 0 Å². The van der Waals surface area contributed by atoms with Crippen LogP contribution >= 0.6 is 0 Å². The average Bonchev–Trinajstić information content (AvgIpc) is 3.46. The second-order valence-electron chi connectivity index (χ2n) is 15.3. The van der Waals surface area contributed by atoms with E-state index in [1.807, 2.05) is 54.7 Å². The molecule has 6 aromatic carbocycles. The number of fused-ring (bicyclic) bond motifs is 2. The van der Waals surface area contributed by atoms with Crippen LogP contribution in [0.5, 0.6) is 0 Å². The average molecular weight is 757 g/mol. The molecule has 2 nitrogen and oxygen atoms in total. The lowest BCUT2D eigenvalue weighted by Gasteiger charge is -2.23. The summed E-state index contributed by atoms with van der Waals surface area (Å²) in [5, 5.41) is 2.10. The first-order chi connectivity index (χ1) is 28.7. The van der Waals surface area contributed by atoms with Crippen LogP contribution in [0.1, 0.15) is 52.8 Å². The van der Waals surface area contributed by atoms with Crippen LogP contribution in [0.4, 0.5) is 5.69 Å². The maximum absolute atomic E-state index is 7.62. The van der Waals surface area contributed by atoms with Crippen molar-refractivity contribution < 1.29 is 0 Å². The Bertz CT molecular complexity index is 2950. The molecule has 59 heavy (non-hydrogen) atoms. The van der Waals surface area contributed by atoms with Gasteiger partial charge in [0.1, 0.15) is 0 Å². The summed E-state index contributed by atoms with van der Waals surface area (Å²) in [7, 11) is 0. The van der Waals surface area contributed by atoms with Gasteiger partial charge in [-0.3, -0.25) is 4.98 Å². The summed E-state index contributed by atoms with van der Waals surface area (Å²) in [4.78, 5) is 8.65. The molecule has 1 aliphatic carbocycles. The predicted molar refractivity (Wildman–Crippen MR) is 252 cm³/mol. The summed E-state index contributed by atoms with van der Waals surface area (Å²) in [6, 6.07) is 58.4. The highest BCUT2D eigenvalue weighted by Crippen LogP contribution is 2.51. The molecule has 1 aliphatic rings. The van der Waals surface area contributed by atoms with Gasteiger partial charge >= 0.3 is 0 Å². The molecule has 282 valence electrons. The molecule has 0 aliphatic heterocycles. The van der Waals surface area contributed by atoms with E-state index in [0.29, 0.717) is 5.69 Å². The summed E-state index contributed by atoms with van der Waals surface area (Å²) in [6.07, 6.45) is 8.45. The van der Waals surface area contributed by atoms with E-state index in [1.165, 1.54) is 0 Å². The molecule has 0 unspecified atom stereocenters. The highest BCUT2D eigenvalue weighted by atomic mass is 14.7. The molecule has 0 fully saturated rings. The fraction of sp³-hybridized carbons (Fsp3) is 0.0526. The smallest absolute Gasteiger partial charge is 0.187 e. The molecule has 2 heteroatoms. The minimum Gasteiger partial charge on any atom is -0.256 e. The second-order valence-corrected chi connectivity index (χ2v) is 15.3. The monoisotopic (exact) mass is 756 g/mol. The van der Waals surface area contributed by atoms with E-state index in [0.717, 1.165) is 94.4 Å². The van der Waals surface area contributed by atoms with Gasteiger partial charge in [-0.1, -0.05) is 216 Å². The topological polar surface area (TPSA) is 17.2 Å². The SMILES string of the molecule is [C-]#[N+]c1ccc2c(c1)C(C)(C)/C(=C/C(=C)c1ccccccc(C(=C)c3ccccc3-c3cc(-c4ccccc4)ncc3/C=C\c3ccccc3)c3ccccc13)C2=C. The van der Waals surface area contributed by atoms with Gasteiger partial charge in [0.25, 0.3) is 0 Å². The zero-order valence-corrected chi connectivity index (χ0v) is 33.5. The van der Waals surface area contributed by atoms with E-state index in [9.17, 15) is 0 Å². The van der Waals surface area contributed by atoms with Crippen molar-refractivity contribution in [3.05, 3.63) is 258 Å². The van der Waals surface area contributed by atoms with E-state index in [-0.39, 0.29) is 5.41 Å². The van der Waals surface area contributed by atoms with Crippen LogP contribution in [0.15, 0.2) is 207 Å². The number of hydrogen-bond donors (Lipinski definition) is 0.